The molecule has 0 aliphatic heterocycles. The third kappa shape index (κ3) is 4.96. The highest BCUT2D eigenvalue weighted by molar-refractivity contribution is 9.10. The van der Waals surface area contributed by atoms with Crippen LogP contribution in [0.3, 0.4) is 0 Å². The van der Waals surface area contributed by atoms with Gasteiger partial charge in [-0.1, -0.05) is 34.6 Å². The highest BCUT2D eigenvalue weighted by atomic mass is 79.9. The lowest BCUT2D eigenvalue weighted by atomic mass is 9.58. The number of nitrogens with zero attached hydrogens (tertiary/aromatic N) is 3. The standard InChI is InChI=1S/C24H35BrN4O/c1-16-14-20(17(2)18(3)24(16,4)5)28-21-15-27-29(23(30)22(21)25)13-7-6-8-19-9-11-26-12-10-19/h9-12,15-18,20,28H,6-8,13-14H2,1-5H3/t16-,17+,18+,20+/m0/s1. The van der Waals surface area contributed by atoms with Gasteiger partial charge >= 0.3 is 0 Å². The lowest BCUT2D eigenvalue weighted by Gasteiger charge is -2.50. The maximum absolute atomic E-state index is 12.8. The number of hydrogen-bond donors (Lipinski definition) is 1. The first-order valence-corrected chi connectivity index (χ1v) is 11.9. The quantitative estimate of drug-likeness (QED) is 0.534. The van der Waals surface area contributed by atoms with Crippen molar-refractivity contribution in [1.29, 1.82) is 0 Å². The molecule has 2 aromatic rings. The van der Waals surface area contributed by atoms with Crippen molar-refractivity contribution >= 4 is 21.6 Å². The van der Waals surface area contributed by atoms with Crippen molar-refractivity contribution in [3.05, 3.63) is 51.1 Å². The Morgan fingerprint density at radius 3 is 2.60 bits per heavy atom. The van der Waals surface area contributed by atoms with Gasteiger partial charge in [0.25, 0.3) is 5.56 Å². The van der Waals surface area contributed by atoms with Crippen LogP contribution in [0.2, 0.25) is 0 Å². The summed E-state index contributed by atoms with van der Waals surface area (Å²) in [4.78, 5) is 16.9. The largest absolute Gasteiger partial charge is 0.380 e. The lowest BCUT2D eigenvalue weighted by Crippen LogP contribution is -2.48. The summed E-state index contributed by atoms with van der Waals surface area (Å²) in [5.41, 5.74) is 2.35. The van der Waals surface area contributed by atoms with E-state index >= 15 is 0 Å². The summed E-state index contributed by atoms with van der Waals surface area (Å²) in [6, 6.07) is 4.42. The first kappa shape index (κ1) is 23.0. The van der Waals surface area contributed by atoms with Gasteiger partial charge in [-0.25, -0.2) is 4.68 Å². The van der Waals surface area contributed by atoms with E-state index in [1.54, 1.807) is 10.9 Å². The van der Waals surface area contributed by atoms with Crippen LogP contribution in [0.5, 0.6) is 0 Å². The molecule has 0 saturated heterocycles. The number of pyridine rings is 1. The van der Waals surface area contributed by atoms with Crippen LogP contribution >= 0.6 is 15.9 Å². The van der Waals surface area contributed by atoms with Crippen LogP contribution in [0.1, 0.15) is 59.4 Å². The van der Waals surface area contributed by atoms with Crippen LogP contribution in [-0.2, 0) is 13.0 Å². The summed E-state index contributed by atoms with van der Waals surface area (Å²) >= 11 is 3.53. The summed E-state index contributed by atoms with van der Waals surface area (Å²) in [5, 5.41) is 8.07. The Kier molecular flexibility index (Phi) is 7.38. The van der Waals surface area contributed by atoms with E-state index in [4.69, 9.17) is 0 Å². The summed E-state index contributed by atoms with van der Waals surface area (Å²) in [5.74, 6) is 1.75. The molecule has 30 heavy (non-hydrogen) atoms. The maximum Gasteiger partial charge on any atom is 0.283 e. The molecule has 0 aromatic carbocycles. The third-order valence-corrected chi connectivity index (χ3v) is 8.40. The Morgan fingerprint density at radius 2 is 1.90 bits per heavy atom. The van der Waals surface area contributed by atoms with Gasteiger partial charge in [-0.15, -0.1) is 0 Å². The zero-order chi connectivity index (χ0) is 21.9. The zero-order valence-electron chi connectivity index (χ0n) is 18.9. The maximum atomic E-state index is 12.8. The molecular weight excluding hydrogens is 440 g/mol. The van der Waals surface area contributed by atoms with Gasteiger partial charge in [0.2, 0.25) is 0 Å². The molecule has 6 heteroatoms. The van der Waals surface area contributed by atoms with Crippen LogP contribution in [0.25, 0.3) is 0 Å². The number of unbranched alkanes of at least 4 members (excludes halogenated alkanes) is 1. The Labute approximate surface area is 188 Å². The van der Waals surface area contributed by atoms with Crippen LogP contribution in [0.15, 0.2) is 40.0 Å². The highest BCUT2D eigenvalue weighted by Gasteiger charge is 2.43. The van der Waals surface area contributed by atoms with E-state index in [1.165, 1.54) is 5.56 Å². The Bertz CT molecular complexity index is 896. The minimum atomic E-state index is -0.0613. The molecule has 1 aliphatic rings. The molecule has 0 amide bonds. The number of hydrogen-bond acceptors (Lipinski definition) is 4. The molecule has 2 aromatic heterocycles. The molecule has 164 valence electrons. The normalized spacial score (nSPS) is 25.8. The average Bonchev–Trinajstić information content (AvgIpc) is 2.73. The van der Waals surface area contributed by atoms with Crippen LogP contribution < -0.4 is 10.9 Å². The fourth-order valence-corrected chi connectivity index (χ4v) is 5.05. The summed E-state index contributed by atoms with van der Waals surface area (Å²) in [6.07, 6.45) is 9.46. The van der Waals surface area contributed by atoms with Crippen molar-refractivity contribution in [2.75, 3.05) is 5.32 Å². The summed E-state index contributed by atoms with van der Waals surface area (Å²) < 4.78 is 2.16. The lowest BCUT2D eigenvalue weighted by molar-refractivity contribution is 0.0316. The third-order valence-electron chi connectivity index (χ3n) is 7.64. The van der Waals surface area contributed by atoms with Gasteiger partial charge in [-0.2, -0.15) is 5.10 Å². The smallest absolute Gasteiger partial charge is 0.283 e. The topological polar surface area (TPSA) is 59.8 Å². The molecule has 0 spiro atoms. The predicted octanol–water partition coefficient (Wildman–Crippen LogP) is 5.54. The molecule has 4 atom stereocenters. The molecule has 1 fully saturated rings. The van der Waals surface area contributed by atoms with E-state index in [2.05, 4.69) is 65.9 Å². The van der Waals surface area contributed by atoms with Gasteiger partial charge < -0.3 is 5.32 Å². The van der Waals surface area contributed by atoms with E-state index in [0.717, 1.165) is 31.4 Å². The Hall–Kier alpha value is -1.69. The molecule has 5 nitrogen and oxygen atoms in total. The minimum absolute atomic E-state index is 0.0613. The van der Waals surface area contributed by atoms with Gasteiger partial charge in [0.15, 0.2) is 0 Å². The predicted molar refractivity (Wildman–Crippen MR) is 127 cm³/mol. The molecule has 0 bridgehead atoms. The van der Waals surface area contributed by atoms with E-state index in [9.17, 15) is 4.79 Å². The number of aromatic nitrogens is 3. The Morgan fingerprint density at radius 1 is 1.20 bits per heavy atom. The molecule has 1 saturated carbocycles. The fraction of sp³-hybridized carbons (Fsp3) is 0.625. The number of halogens is 1. The molecule has 2 heterocycles. The second kappa shape index (κ2) is 9.63. The minimum Gasteiger partial charge on any atom is -0.380 e. The van der Waals surface area contributed by atoms with Crippen molar-refractivity contribution in [2.45, 2.75) is 72.9 Å². The summed E-state index contributed by atoms with van der Waals surface area (Å²) in [7, 11) is 0. The summed E-state index contributed by atoms with van der Waals surface area (Å²) in [6.45, 7) is 12.4. The van der Waals surface area contributed by atoms with E-state index in [1.807, 2.05) is 24.5 Å². The zero-order valence-corrected chi connectivity index (χ0v) is 20.4. The van der Waals surface area contributed by atoms with E-state index < -0.39 is 0 Å². The van der Waals surface area contributed by atoms with Gasteiger partial charge in [-0.05, 0) is 82.5 Å². The molecule has 0 radical (unpaired) electrons. The number of rotatable bonds is 7. The van der Waals surface area contributed by atoms with E-state index in [-0.39, 0.29) is 5.56 Å². The Balaban J connectivity index is 1.61. The van der Waals surface area contributed by atoms with Crippen molar-refractivity contribution in [1.82, 2.24) is 14.8 Å². The van der Waals surface area contributed by atoms with Crippen molar-refractivity contribution in [3.63, 3.8) is 0 Å². The van der Waals surface area contributed by atoms with Gasteiger partial charge in [0, 0.05) is 25.0 Å². The van der Waals surface area contributed by atoms with Gasteiger partial charge in [-0.3, -0.25) is 9.78 Å². The van der Waals surface area contributed by atoms with Crippen LogP contribution in [-0.4, -0.2) is 20.8 Å². The van der Waals surface area contributed by atoms with E-state index in [0.29, 0.717) is 40.2 Å². The van der Waals surface area contributed by atoms with Gasteiger partial charge in [0.05, 0.1) is 11.9 Å². The molecule has 0 unspecified atom stereocenters. The monoisotopic (exact) mass is 474 g/mol. The molecular formula is C24H35BrN4O. The number of anilines is 1. The highest BCUT2D eigenvalue weighted by Crippen LogP contribution is 2.48. The van der Waals surface area contributed by atoms with Crippen molar-refractivity contribution in [2.24, 2.45) is 23.2 Å². The van der Waals surface area contributed by atoms with Gasteiger partial charge in [0.1, 0.15) is 4.47 Å². The molecule has 3 rings (SSSR count). The van der Waals surface area contributed by atoms with Crippen molar-refractivity contribution < 1.29 is 0 Å². The van der Waals surface area contributed by atoms with Crippen molar-refractivity contribution in [3.8, 4) is 0 Å². The SMILES string of the molecule is C[C@@H]1[C@@H](C)C(C)(C)[C@@H](C)C[C@H]1Nc1cnn(CCCCc2ccncc2)c(=O)c1Br. The number of aryl methyl sites for hydroxylation is 2. The average molecular weight is 475 g/mol. The first-order chi connectivity index (χ1) is 14.2. The second-order valence-electron chi connectivity index (χ2n) is 9.57. The molecule has 1 N–H and O–H groups in total. The number of nitrogens with one attached hydrogen (secondary N) is 1. The molecule has 1 aliphatic carbocycles. The fourth-order valence-electron chi connectivity index (χ4n) is 4.63. The first-order valence-electron chi connectivity index (χ1n) is 11.1. The van der Waals surface area contributed by atoms with Crippen LogP contribution in [0.4, 0.5) is 5.69 Å². The second-order valence-corrected chi connectivity index (χ2v) is 10.4. The van der Waals surface area contributed by atoms with Crippen LogP contribution in [0, 0.1) is 23.2 Å².